The average Bonchev–Trinajstić information content (AvgIpc) is 2.53. The first-order chi connectivity index (χ1) is 10.2. The summed E-state index contributed by atoms with van der Waals surface area (Å²) in [7, 11) is 0. The molecule has 0 aliphatic carbocycles. The number of carbonyl (C=O) groups is 1. The third-order valence-electron chi connectivity index (χ3n) is 3.42. The first-order valence-corrected chi connectivity index (χ1v) is 7.98. The summed E-state index contributed by atoms with van der Waals surface area (Å²) in [6.45, 7) is 2.33. The van der Waals surface area contributed by atoms with Gasteiger partial charge in [0, 0.05) is 17.0 Å². The van der Waals surface area contributed by atoms with E-state index in [1.807, 2.05) is 55.6 Å². The minimum absolute atomic E-state index is 0.0208. The van der Waals surface area contributed by atoms with Gasteiger partial charge in [-0.2, -0.15) is 0 Å². The van der Waals surface area contributed by atoms with Gasteiger partial charge in [-0.05, 0) is 42.0 Å². The second-order valence-electron chi connectivity index (χ2n) is 4.79. The van der Waals surface area contributed by atoms with Crippen LogP contribution in [0.4, 0.5) is 0 Å². The van der Waals surface area contributed by atoms with E-state index >= 15 is 0 Å². The molecule has 4 heteroatoms. The summed E-state index contributed by atoms with van der Waals surface area (Å²) in [5.74, 6) is -0.0869. The Hall–Kier alpha value is -1.78. The van der Waals surface area contributed by atoms with E-state index in [-0.39, 0.29) is 12.5 Å². The number of thioether (sulfide) groups is 1. The highest BCUT2D eigenvalue weighted by Crippen LogP contribution is 2.19. The van der Waals surface area contributed by atoms with Crippen LogP contribution in [0.5, 0.6) is 0 Å². The first-order valence-electron chi connectivity index (χ1n) is 6.76. The zero-order valence-electron chi connectivity index (χ0n) is 12.2. The van der Waals surface area contributed by atoms with Gasteiger partial charge < -0.3 is 10.4 Å². The molecule has 2 rings (SSSR count). The summed E-state index contributed by atoms with van der Waals surface area (Å²) < 4.78 is 0. The van der Waals surface area contributed by atoms with Crippen molar-refractivity contribution in [2.45, 2.75) is 25.0 Å². The van der Waals surface area contributed by atoms with E-state index in [1.54, 1.807) is 11.8 Å². The van der Waals surface area contributed by atoms with E-state index in [0.717, 1.165) is 21.6 Å². The van der Waals surface area contributed by atoms with Crippen LogP contribution in [-0.2, 0) is 13.2 Å². The van der Waals surface area contributed by atoms with Crippen LogP contribution in [0.15, 0.2) is 47.4 Å². The van der Waals surface area contributed by atoms with Crippen molar-refractivity contribution >= 4 is 17.7 Å². The van der Waals surface area contributed by atoms with Gasteiger partial charge in [-0.3, -0.25) is 4.79 Å². The quantitative estimate of drug-likeness (QED) is 0.834. The molecule has 2 aromatic rings. The van der Waals surface area contributed by atoms with Crippen LogP contribution in [0.3, 0.4) is 0 Å². The highest BCUT2D eigenvalue weighted by Gasteiger charge is 2.10. The van der Waals surface area contributed by atoms with Gasteiger partial charge in [0.05, 0.1) is 6.61 Å². The molecular formula is C17H19NO2S. The van der Waals surface area contributed by atoms with Crippen LogP contribution in [0.2, 0.25) is 0 Å². The number of hydrogen-bond donors (Lipinski definition) is 2. The lowest BCUT2D eigenvalue weighted by Gasteiger charge is -2.11. The van der Waals surface area contributed by atoms with Crippen LogP contribution in [0, 0.1) is 6.92 Å². The fraction of sp³-hybridized carbons (Fsp3) is 0.235. The van der Waals surface area contributed by atoms with E-state index in [0.29, 0.717) is 12.1 Å². The number of amides is 1. The molecule has 2 N–H and O–H groups in total. The Labute approximate surface area is 129 Å². The molecule has 0 heterocycles. The lowest BCUT2D eigenvalue weighted by atomic mass is 10.1. The molecule has 0 aliphatic rings. The van der Waals surface area contributed by atoms with Crippen molar-refractivity contribution in [2.24, 2.45) is 0 Å². The number of hydrogen-bond acceptors (Lipinski definition) is 3. The van der Waals surface area contributed by atoms with Crippen molar-refractivity contribution in [3.8, 4) is 0 Å². The lowest BCUT2D eigenvalue weighted by Crippen LogP contribution is -2.24. The fourth-order valence-corrected chi connectivity index (χ4v) is 2.57. The zero-order chi connectivity index (χ0) is 15.2. The molecule has 0 fully saturated rings. The van der Waals surface area contributed by atoms with Crippen molar-refractivity contribution in [2.75, 3.05) is 6.26 Å². The molecule has 0 aromatic heterocycles. The fourth-order valence-electron chi connectivity index (χ4n) is 2.13. The monoisotopic (exact) mass is 301 g/mol. The van der Waals surface area contributed by atoms with Crippen molar-refractivity contribution in [3.05, 3.63) is 64.7 Å². The Bertz CT molecular complexity index is 640. The molecule has 0 radical (unpaired) electrons. The lowest BCUT2D eigenvalue weighted by molar-refractivity contribution is 0.0949. The van der Waals surface area contributed by atoms with E-state index in [1.165, 1.54) is 0 Å². The maximum Gasteiger partial charge on any atom is 0.251 e. The molecule has 21 heavy (non-hydrogen) atoms. The molecule has 0 spiro atoms. The van der Waals surface area contributed by atoms with Crippen LogP contribution in [0.25, 0.3) is 0 Å². The maximum absolute atomic E-state index is 12.3. The Kier molecular flexibility index (Phi) is 5.42. The molecule has 0 aliphatic heterocycles. The normalized spacial score (nSPS) is 10.4. The van der Waals surface area contributed by atoms with Crippen molar-refractivity contribution in [1.29, 1.82) is 0 Å². The Morgan fingerprint density at radius 2 is 1.90 bits per heavy atom. The van der Waals surface area contributed by atoms with E-state index in [4.69, 9.17) is 0 Å². The Morgan fingerprint density at radius 1 is 1.19 bits per heavy atom. The standard InChI is InChI=1S/C17H19NO2S/c1-12-7-8-15(21-2)9-16(12)17(20)18-10-13-5-3-4-6-14(13)11-19/h3-9,19H,10-11H2,1-2H3,(H,18,20). The van der Waals surface area contributed by atoms with E-state index < -0.39 is 0 Å². The first kappa shape index (κ1) is 15.6. The molecular weight excluding hydrogens is 282 g/mol. The second kappa shape index (κ2) is 7.29. The van der Waals surface area contributed by atoms with Gasteiger partial charge in [0.2, 0.25) is 0 Å². The molecule has 1 amide bonds. The minimum Gasteiger partial charge on any atom is -0.392 e. The SMILES string of the molecule is CSc1ccc(C)c(C(=O)NCc2ccccc2CO)c1. The van der Waals surface area contributed by atoms with Gasteiger partial charge in [0.1, 0.15) is 0 Å². The molecule has 0 saturated heterocycles. The molecule has 0 unspecified atom stereocenters. The van der Waals surface area contributed by atoms with E-state index in [9.17, 15) is 9.90 Å². The predicted molar refractivity (Wildman–Crippen MR) is 86.5 cm³/mol. The van der Waals surface area contributed by atoms with Crippen LogP contribution >= 0.6 is 11.8 Å². The number of benzene rings is 2. The van der Waals surface area contributed by atoms with Crippen molar-refractivity contribution in [1.82, 2.24) is 5.32 Å². The molecule has 0 atom stereocenters. The van der Waals surface area contributed by atoms with Gasteiger partial charge in [-0.1, -0.05) is 30.3 Å². The summed E-state index contributed by atoms with van der Waals surface area (Å²) in [6, 6.07) is 13.4. The highest BCUT2D eigenvalue weighted by atomic mass is 32.2. The average molecular weight is 301 g/mol. The Morgan fingerprint density at radius 3 is 2.57 bits per heavy atom. The van der Waals surface area contributed by atoms with E-state index in [2.05, 4.69) is 5.32 Å². The number of rotatable bonds is 5. The van der Waals surface area contributed by atoms with Gasteiger partial charge >= 0.3 is 0 Å². The number of aliphatic hydroxyl groups is 1. The van der Waals surface area contributed by atoms with Crippen LogP contribution < -0.4 is 5.32 Å². The highest BCUT2D eigenvalue weighted by molar-refractivity contribution is 7.98. The summed E-state index contributed by atoms with van der Waals surface area (Å²) >= 11 is 1.62. The van der Waals surface area contributed by atoms with Gasteiger partial charge in [-0.15, -0.1) is 11.8 Å². The smallest absolute Gasteiger partial charge is 0.251 e. The van der Waals surface area contributed by atoms with Gasteiger partial charge in [0.25, 0.3) is 5.91 Å². The maximum atomic E-state index is 12.3. The molecule has 2 aromatic carbocycles. The van der Waals surface area contributed by atoms with Gasteiger partial charge in [-0.25, -0.2) is 0 Å². The topological polar surface area (TPSA) is 49.3 Å². The summed E-state index contributed by atoms with van der Waals surface area (Å²) in [6.07, 6.45) is 1.99. The molecule has 3 nitrogen and oxygen atoms in total. The Balaban J connectivity index is 2.11. The number of aryl methyl sites for hydroxylation is 1. The third kappa shape index (κ3) is 3.86. The molecule has 110 valence electrons. The largest absolute Gasteiger partial charge is 0.392 e. The second-order valence-corrected chi connectivity index (χ2v) is 5.67. The van der Waals surface area contributed by atoms with Gasteiger partial charge in [0.15, 0.2) is 0 Å². The summed E-state index contributed by atoms with van der Waals surface area (Å²) in [4.78, 5) is 13.4. The number of carbonyl (C=O) groups excluding carboxylic acids is 1. The van der Waals surface area contributed by atoms with Crippen LogP contribution in [-0.4, -0.2) is 17.3 Å². The zero-order valence-corrected chi connectivity index (χ0v) is 13.0. The number of aliphatic hydroxyl groups excluding tert-OH is 1. The molecule has 0 saturated carbocycles. The predicted octanol–water partition coefficient (Wildman–Crippen LogP) is 3.14. The van der Waals surface area contributed by atoms with Crippen molar-refractivity contribution < 1.29 is 9.90 Å². The number of nitrogens with one attached hydrogen (secondary N) is 1. The summed E-state index contributed by atoms with van der Waals surface area (Å²) in [5, 5.41) is 12.2. The van der Waals surface area contributed by atoms with Crippen molar-refractivity contribution in [3.63, 3.8) is 0 Å². The minimum atomic E-state index is -0.0869. The van der Waals surface area contributed by atoms with Crippen LogP contribution in [0.1, 0.15) is 27.0 Å². The molecule has 0 bridgehead atoms. The third-order valence-corrected chi connectivity index (χ3v) is 4.14. The summed E-state index contributed by atoms with van der Waals surface area (Å²) in [5.41, 5.74) is 3.43.